The summed E-state index contributed by atoms with van der Waals surface area (Å²) in [5.41, 5.74) is 1.12. The topological polar surface area (TPSA) is 65.4 Å². The third-order valence-corrected chi connectivity index (χ3v) is 4.95. The number of hydrogen-bond donors (Lipinski definition) is 1. The zero-order chi connectivity index (χ0) is 19.0. The number of fused-ring (bicyclic) bond motifs is 1. The Morgan fingerprint density at radius 1 is 1.07 bits per heavy atom. The monoisotopic (exact) mass is 423 g/mol. The Morgan fingerprint density at radius 2 is 1.81 bits per heavy atom. The molecule has 0 spiro atoms. The molecule has 1 aromatic heterocycles. The molecule has 9 heteroatoms. The minimum atomic E-state index is -0.365. The number of rotatable bonds is 4. The molecule has 1 amide bonds. The maximum atomic E-state index is 12.5. The van der Waals surface area contributed by atoms with Crippen LogP contribution >= 0.6 is 34.8 Å². The van der Waals surface area contributed by atoms with Gasteiger partial charge >= 0.3 is 0 Å². The highest BCUT2D eigenvalue weighted by molar-refractivity contribution is 6.36. The van der Waals surface area contributed by atoms with E-state index in [-0.39, 0.29) is 18.5 Å². The van der Waals surface area contributed by atoms with E-state index in [4.69, 9.17) is 44.3 Å². The van der Waals surface area contributed by atoms with Crippen LogP contribution in [0.5, 0.6) is 11.5 Å². The number of benzene rings is 2. The lowest BCUT2D eigenvalue weighted by Gasteiger charge is -2.07. The summed E-state index contributed by atoms with van der Waals surface area (Å²) in [4.78, 5) is 12.5. The van der Waals surface area contributed by atoms with Gasteiger partial charge in [-0.2, -0.15) is 5.10 Å². The molecule has 4 rings (SSSR count). The summed E-state index contributed by atoms with van der Waals surface area (Å²) in [6.45, 7) is 0.458. The number of carbonyl (C=O) groups is 1. The highest BCUT2D eigenvalue weighted by Gasteiger charge is 2.18. The number of nitrogens with one attached hydrogen (secondary N) is 1. The second-order valence-corrected chi connectivity index (χ2v) is 6.97. The van der Waals surface area contributed by atoms with Crippen molar-refractivity contribution in [2.45, 2.75) is 6.54 Å². The second kappa shape index (κ2) is 7.31. The fourth-order valence-corrected chi connectivity index (χ4v) is 3.34. The van der Waals surface area contributed by atoms with E-state index >= 15 is 0 Å². The average molecular weight is 425 g/mol. The van der Waals surface area contributed by atoms with E-state index < -0.39 is 0 Å². The van der Waals surface area contributed by atoms with E-state index in [9.17, 15) is 4.79 Å². The minimum absolute atomic E-state index is 0.140. The molecule has 3 aromatic rings. The number of carbonyl (C=O) groups excluding carboxylic acids is 1. The van der Waals surface area contributed by atoms with Gasteiger partial charge in [0.15, 0.2) is 17.3 Å². The quantitative estimate of drug-likeness (QED) is 0.649. The van der Waals surface area contributed by atoms with Crippen molar-refractivity contribution in [2.24, 2.45) is 0 Å². The molecular weight excluding hydrogens is 413 g/mol. The van der Waals surface area contributed by atoms with Gasteiger partial charge in [-0.15, -0.1) is 0 Å². The maximum Gasteiger partial charge on any atom is 0.257 e. The first-order valence-corrected chi connectivity index (χ1v) is 9.01. The lowest BCUT2D eigenvalue weighted by Crippen LogP contribution is -2.13. The molecule has 1 N–H and O–H groups in total. The number of amides is 1. The molecular formula is C18H12Cl3N3O3. The number of hydrogen-bond acceptors (Lipinski definition) is 4. The van der Waals surface area contributed by atoms with Crippen LogP contribution in [0.3, 0.4) is 0 Å². The van der Waals surface area contributed by atoms with Crippen molar-refractivity contribution in [2.75, 3.05) is 12.1 Å². The van der Waals surface area contributed by atoms with E-state index in [0.717, 1.165) is 0 Å². The van der Waals surface area contributed by atoms with Crippen molar-refractivity contribution in [1.82, 2.24) is 9.78 Å². The molecule has 1 aliphatic rings. The lowest BCUT2D eigenvalue weighted by atomic mass is 10.2. The molecule has 0 atom stereocenters. The Labute approximate surface area is 169 Å². The lowest BCUT2D eigenvalue weighted by molar-refractivity contribution is 0.102. The van der Waals surface area contributed by atoms with Gasteiger partial charge in [-0.25, -0.2) is 0 Å². The fourth-order valence-electron chi connectivity index (χ4n) is 2.63. The number of aromatic nitrogens is 2. The summed E-state index contributed by atoms with van der Waals surface area (Å²) < 4.78 is 12.1. The number of anilines is 1. The molecule has 27 heavy (non-hydrogen) atoms. The summed E-state index contributed by atoms with van der Waals surface area (Å²) in [6.07, 6.45) is 1.59. The molecule has 1 aliphatic heterocycles. The van der Waals surface area contributed by atoms with Gasteiger partial charge < -0.3 is 14.8 Å². The summed E-state index contributed by atoms with van der Waals surface area (Å²) in [5, 5.41) is 8.35. The van der Waals surface area contributed by atoms with Gasteiger partial charge in [0.1, 0.15) is 5.02 Å². The van der Waals surface area contributed by atoms with Crippen LogP contribution in [-0.2, 0) is 6.54 Å². The molecule has 2 heterocycles. The van der Waals surface area contributed by atoms with Crippen LogP contribution in [0.1, 0.15) is 15.9 Å². The molecule has 0 aliphatic carbocycles. The molecule has 6 nitrogen and oxygen atoms in total. The van der Waals surface area contributed by atoms with Crippen molar-refractivity contribution in [3.63, 3.8) is 0 Å². The number of ether oxygens (including phenoxy) is 2. The minimum Gasteiger partial charge on any atom is -0.454 e. The van der Waals surface area contributed by atoms with Gasteiger partial charge in [-0.05, 0) is 30.3 Å². The van der Waals surface area contributed by atoms with E-state index in [0.29, 0.717) is 44.2 Å². The first kappa shape index (κ1) is 18.0. The van der Waals surface area contributed by atoms with Gasteiger partial charge in [0.05, 0.1) is 6.54 Å². The SMILES string of the molecule is O=C(Nc1nn(Cc2c(Cl)cccc2Cl)cc1Cl)c1ccc2c(c1)OCO2. The van der Waals surface area contributed by atoms with Gasteiger partial charge in [-0.1, -0.05) is 40.9 Å². The first-order chi connectivity index (χ1) is 13.0. The summed E-state index contributed by atoms with van der Waals surface area (Å²) >= 11 is 18.6. The van der Waals surface area contributed by atoms with Crippen molar-refractivity contribution in [1.29, 1.82) is 0 Å². The number of halogens is 3. The smallest absolute Gasteiger partial charge is 0.257 e. The first-order valence-electron chi connectivity index (χ1n) is 7.88. The highest BCUT2D eigenvalue weighted by Crippen LogP contribution is 2.33. The Kier molecular flexibility index (Phi) is 4.86. The van der Waals surface area contributed by atoms with Crippen molar-refractivity contribution in [3.8, 4) is 11.5 Å². The van der Waals surface area contributed by atoms with E-state index in [1.54, 1.807) is 47.3 Å². The van der Waals surface area contributed by atoms with Gasteiger partial charge in [0.2, 0.25) is 6.79 Å². The predicted molar refractivity (Wildman–Crippen MR) is 103 cm³/mol. The van der Waals surface area contributed by atoms with Crippen molar-refractivity contribution in [3.05, 3.63) is 68.8 Å². The molecule has 138 valence electrons. The maximum absolute atomic E-state index is 12.5. The standard InChI is InChI=1S/C18H12Cl3N3O3/c19-12-2-1-3-13(20)11(12)7-24-8-14(21)17(23-24)22-18(25)10-4-5-15-16(6-10)27-9-26-15/h1-6,8H,7,9H2,(H,22,23,25). The van der Waals surface area contributed by atoms with Crippen LogP contribution in [0.15, 0.2) is 42.6 Å². The summed E-state index contributed by atoms with van der Waals surface area (Å²) in [5.74, 6) is 0.997. The van der Waals surface area contributed by atoms with Gasteiger partial charge in [0.25, 0.3) is 5.91 Å². The largest absolute Gasteiger partial charge is 0.454 e. The summed E-state index contributed by atoms with van der Waals surface area (Å²) in [7, 11) is 0. The average Bonchev–Trinajstić information content (AvgIpc) is 3.24. The Bertz CT molecular complexity index is 1020. The highest BCUT2D eigenvalue weighted by atomic mass is 35.5. The fraction of sp³-hybridized carbons (Fsp3) is 0.111. The normalized spacial score (nSPS) is 12.3. The van der Waals surface area contributed by atoms with Crippen molar-refractivity contribution >= 4 is 46.5 Å². The van der Waals surface area contributed by atoms with Gasteiger partial charge in [0, 0.05) is 27.4 Å². The third kappa shape index (κ3) is 3.69. The van der Waals surface area contributed by atoms with Crippen LogP contribution in [0, 0.1) is 0 Å². The van der Waals surface area contributed by atoms with Crippen LogP contribution in [0.2, 0.25) is 15.1 Å². The van der Waals surface area contributed by atoms with Crippen LogP contribution in [0.25, 0.3) is 0 Å². The van der Waals surface area contributed by atoms with Gasteiger partial charge in [-0.3, -0.25) is 9.48 Å². The zero-order valence-electron chi connectivity index (χ0n) is 13.7. The molecule has 0 saturated carbocycles. The molecule has 0 fully saturated rings. The van der Waals surface area contributed by atoms with Crippen LogP contribution in [0.4, 0.5) is 5.82 Å². The molecule has 0 unspecified atom stereocenters. The second-order valence-electron chi connectivity index (χ2n) is 5.75. The molecule has 2 aromatic carbocycles. The Hall–Kier alpha value is -2.41. The zero-order valence-corrected chi connectivity index (χ0v) is 16.0. The Morgan fingerprint density at radius 3 is 2.59 bits per heavy atom. The summed E-state index contributed by atoms with van der Waals surface area (Å²) in [6, 6.07) is 10.2. The Balaban J connectivity index is 1.52. The van der Waals surface area contributed by atoms with E-state index in [1.807, 2.05) is 0 Å². The third-order valence-electron chi connectivity index (χ3n) is 3.97. The van der Waals surface area contributed by atoms with E-state index in [2.05, 4.69) is 10.4 Å². The van der Waals surface area contributed by atoms with Crippen LogP contribution in [-0.4, -0.2) is 22.5 Å². The number of nitrogens with zero attached hydrogens (tertiary/aromatic N) is 2. The predicted octanol–water partition coefficient (Wildman–Crippen LogP) is 4.87. The molecule has 0 saturated heterocycles. The molecule has 0 bridgehead atoms. The molecule has 0 radical (unpaired) electrons. The van der Waals surface area contributed by atoms with Crippen LogP contribution < -0.4 is 14.8 Å². The van der Waals surface area contributed by atoms with E-state index in [1.165, 1.54) is 0 Å². The van der Waals surface area contributed by atoms with Crippen molar-refractivity contribution < 1.29 is 14.3 Å².